The molecule has 0 unspecified atom stereocenters. The molecular weight excluding hydrogens is 603 g/mol. The van der Waals surface area contributed by atoms with Crippen LogP contribution in [0.1, 0.15) is 6.42 Å². The Balaban J connectivity index is 0.000000396. The van der Waals surface area contributed by atoms with Gasteiger partial charge in [-0.3, -0.25) is 0 Å². The molecule has 0 amide bonds. The number of rotatable bonds is 8. The molecule has 0 heterocycles. The molecule has 0 aromatic heterocycles. The SMILES string of the molecule is O=P(CCP(=O)(c1ccccc1)c1ccccc1)(c1ccccc1)c1ccccc1.[Cl][Ru][C]1=CC=CC1. The minimum absolute atomic E-state index is 0.0225. The topological polar surface area (TPSA) is 34.1 Å². The number of hydrogen-bond donors (Lipinski definition) is 0. The molecule has 5 rings (SSSR count). The van der Waals surface area contributed by atoms with Crippen molar-refractivity contribution in [2.75, 3.05) is 12.3 Å². The number of allylic oxidation sites excluding steroid dienone is 4. The molecule has 4 aromatic carbocycles. The van der Waals surface area contributed by atoms with Crippen molar-refractivity contribution in [2.24, 2.45) is 0 Å². The Kier molecular flexibility index (Phi) is 10.1. The zero-order chi connectivity index (χ0) is 26.0. The molecule has 2 nitrogen and oxygen atoms in total. The fraction of sp³-hybridized carbons (Fsp3) is 0.0968. The Hall–Kier alpha value is -2.27. The third-order valence-corrected chi connectivity index (χ3v) is 14.9. The van der Waals surface area contributed by atoms with Gasteiger partial charge < -0.3 is 9.13 Å². The van der Waals surface area contributed by atoms with E-state index in [-0.39, 0.29) is 16.1 Å². The van der Waals surface area contributed by atoms with Crippen molar-refractivity contribution in [1.29, 1.82) is 0 Å². The van der Waals surface area contributed by atoms with Gasteiger partial charge in [0.05, 0.1) is 0 Å². The van der Waals surface area contributed by atoms with E-state index in [1.54, 1.807) is 0 Å². The van der Waals surface area contributed by atoms with Gasteiger partial charge in [0.25, 0.3) is 0 Å². The van der Waals surface area contributed by atoms with E-state index in [0.29, 0.717) is 12.3 Å². The fourth-order valence-electron chi connectivity index (χ4n) is 4.24. The molecule has 0 spiro atoms. The maximum absolute atomic E-state index is 14.4. The molecule has 0 aliphatic heterocycles. The average molecular weight is 632 g/mol. The van der Waals surface area contributed by atoms with E-state index in [0.717, 1.165) is 27.6 Å². The Morgan fingerprint density at radius 3 is 1.11 bits per heavy atom. The third-order valence-electron chi connectivity index (χ3n) is 6.23. The zero-order valence-corrected chi connectivity index (χ0v) is 24.6. The van der Waals surface area contributed by atoms with E-state index in [9.17, 15) is 9.13 Å². The summed E-state index contributed by atoms with van der Waals surface area (Å²) in [5, 5.41) is 3.24. The maximum atomic E-state index is 14.4. The van der Waals surface area contributed by atoms with Crippen molar-refractivity contribution in [3.05, 3.63) is 144 Å². The first kappa shape index (κ1) is 27.8. The summed E-state index contributed by atoms with van der Waals surface area (Å²) in [6.45, 7) is 0. The Labute approximate surface area is 231 Å². The molecule has 0 atom stereocenters. The number of hydrogen-bond acceptors (Lipinski definition) is 2. The van der Waals surface area contributed by atoms with Gasteiger partial charge >= 0.3 is 54.6 Å². The van der Waals surface area contributed by atoms with Crippen LogP contribution in [0.15, 0.2) is 144 Å². The van der Waals surface area contributed by atoms with Crippen LogP contribution < -0.4 is 21.2 Å². The molecule has 190 valence electrons. The predicted octanol–water partition coefficient (Wildman–Crippen LogP) is 7.08. The standard InChI is InChI=1S/C26H24O2P2.C5H5.ClH.Ru/c27-29(23-13-5-1-6-14-23,24-15-7-2-8-16-24)21-22-30(28,25-17-9-3-10-18-25)26-19-11-4-12-20-26;1-2-4-5-3-1;;/h1-20H,21-22H2;1-3H,4H2;1H;/q;;;+1/p-1. The van der Waals surface area contributed by atoms with Crippen LogP contribution in [0.25, 0.3) is 0 Å². The van der Waals surface area contributed by atoms with Gasteiger partial charge in [0.15, 0.2) is 0 Å². The molecular formula is C31H29ClO2P2Ru. The van der Waals surface area contributed by atoms with E-state index in [1.807, 2.05) is 121 Å². The van der Waals surface area contributed by atoms with Gasteiger partial charge in [0.2, 0.25) is 0 Å². The molecule has 0 saturated heterocycles. The summed E-state index contributed by atoms with van der Waals surface area (Å²) >= 11 is 0.0225. The molecule has 6 heteroatoms. The average Bonchev–Trinajstić information content (AvgIpc) is 3.52. The Bertz CT molecular complexity index is 1240. The molecule has 37 heavy (non-hydrogen) atoms. The molecule has 0 saturated carbocycles. The second-order valence-corrected chi connectivity index (χ2v) is 16.7. The first-order valence-corrected chi connectivity index (χ1v) is 19.0. The van der Waals surface area contributed by atoms with Crippen molar-refractivity contribution < 1.29 is 25.3 Å². The first-order chi connectivity index (χ1) is 18.1. The molecule has 0 N–H and O–H groups in total. The van der Waals surface area contributed by atoms with Crippen LogP contribution in [0.5, 0.6) is 0 Å². The van der Waals surface area contributed by atoms with E-state index >= 15 is 0 Å². The van der Waals surface area contributed by atoms with Crippen LogP contribution >= 0.6 is 24.0 Å². The van der Waals surface area contributed by atoms with E-state index in [2.05, 4.69) is 18.2 Å². The van der Waals surface area contributed by atoms with E-state index in [4.69, 9.17) is 9.69 Å². The zero-order valence-electron chi connectivity index (χ0n) is 20.3. The van der Waals surface area contributed by atoms with Crippen molar-refractivity contribution in [3.63, 3.8) is 0 Å². The van der Waals surface area contributed by atoms with Gasteiger partial charge in [-0.15, -0.1) is 0 Å². The summed E-state index contributed by atoms with van der Waals surface area (Å²) in [5.74, 6) is 0. The van der Waals surface area contributed by atoms with E-state index < -0.39 is 14.3 Å². The first-order valence-electron chi connectivity index (χ1n) is 12.1. The molecule has 0 fully saturated rings. The monoisotopic (exact) mass is 632 g/mol. The third kappa shape index (κ3) is 6.99. The second kappa shape index (κ2) is 13.5. The van der Waals surface area contributed by atoms with Crippen molar-refractivity contribution in [1.82, 2.24) is 0 Å². The van der Waals surface area contributed by atoms with Gasteiger partial charge in [-0.1, -0.05) is 121 Å². The molecule has 1 aliphatic carbocycles. The van der Waals surface area contributed by atoms with Gasteiger partial charge in [0, 0.05) is 33.5 Å². The van der Waals surface area contributed by atoms with Crippen molar-refractivity contribution >= 4 is 45.2 Å². The summed E-state index contributed by atoms with van der Waals surface area (Å²) in [6.07, 6.45) is 8.09. The van der Waals surface area contributed by atoms with Crippen molar-refractivity contribution in [2.45, 2.75) is 6.42 Å². The van der Waals surface area contributed by atoms with Gasteiger partial charge in [-0.2, -0.15) is 0 Å². The van der Waals surface area contributed by atoms with Gasteiger partial charge in [-0.05, 0) is 0 Å². The van der Waals surface area contributed by atoms with E-state index in [1.165, 1.54) is 4.17 Å². The second-order valence-electron chi connectivity index (χ2n) is 8.57. The fourth-order valence-corrected chi connectivity index (χ4v) is 11.9. The van der Waals surface area contributed by atoms with Crippen LogP contribution in [0.3, 0.4) is 0 Å². The quantitative estimate of drug-likeness (QED) is 0.154. The van der Waals surface area contributed by atoms with Crippen LogP contribution in [-0.2, 0) is 25.3 Å². The Morgan fingerprint density at radius 2 is 0.892 bits per heavy atom. The molecule has 1 aliphatic rings. The molecule has 0 bridgehead atoms. The molecule has 0 radical (unpaired) electrons. The minimum atomic E-state index is -2.93. The molecule has 4 aromatic rings. The summed E-state index contributed by atoms with van der Waals surface area (Å²) in [4.78, 5) is 0. The van der Waals surface area contributed by atoms with Crippen LogP contribution in [-0.4, -0.2) is 12.3 Å². The number of halogens is 1. The van der Waals surface area contributed by atoms with Crippen LogP contribution in [0.2, 0.25) is 0 Å². The summed E-state index contributed by atoms with van der Waals surface area (Å²) in [6, 6.07) is 38.4. The summed E-state index contributed by atoms with van der Waals surface area (Å²) in [5.41, 5.74) is 0. The summed E-state index contributed by atoms with van der Waals surface area (Å²) in [7, 11) is -0.278. The van der Waals surface area contributed by atoms with Crippen LogP contribution in [0.4, 0.5) is 0 Å². The summed E-state index contributed by atoms with van der Waals surface area (Å²) < 4.78 is 30.2. The van der Waals surface area contributed by atoms with Gasteiger partial charge in [-0.25, -0.2) is 0 Å². The van der Waals surface area contributed by atoms with Gasteiger partial charge in [0.1, 0.15) is 14.3 Å². The number of benzene rings is 4. The van der Waals surface area contributed by atoms with Crippen molar-refractivity contribution in [3.8, 4) is 0 Å². The predicted molar refractivity (Wildman–Crippen MR) is 157 cm³/mol. The Morgan fingerprint density at radius 1 is 0.568 bits per heavy atom. The normalized spacial score (nSPS) is 13.1. The van der Waals surface area contributed by atoms with Crippen LogP contribution in [0, 0.1) is 0 Å².